The average molecular weight is 268 g/mol. The summed E-state index contributed by atoms with van der Waals surface area (Å²) in [6, 6.07) is 18.0. The van der Waals surface area contributed by atoms with Crippen molar-refractivity contribution in [3.63, 3.8) is 0 Å². The number of carbonyl (C=O) groups excluding carboxylic acids is 1. The van der Waals surface area contributed by atoms with Gasteiger partial charge in [-0.15, -0.1) is 0 Å². The highest BCUT2D eigenvalue weighted by molar-refractivity contribution is 7.16. The van der Waals surface area contributed by atoms with Crippen LogP contribution in [-0.4, -0.2) is 10.5 Å². The molecule has 0 saturated carbocycles. The van der Waals surface area contributed by atoms with Crippen molar-refractivity contribution < 1.29 is 4.79 Å². The van der Waals surface area contributed by atoms with Crippen molar-refractivity contribution >= 4 is 27.5 Å². The molecule has 1 heterocycles. The van der Waals surface area contributed by atoms with E-state index >= 15 is 0 Å². The third-order valence-electron chi connectivity index (χ3n) is 2.77. The van der Waals surface area contributed by atoms with Crippen molar-refractivity contribution in [1.29, 1.82) is 0 Å². The van der Waals surface area contributed by atoms with Gasteiger partial charge in [0, 0.05) is 12.6 Å². The highest BCUT2D eigenvalue weighted by atomic mass is 32.1. The van der Waals surface area contributed by atoms with Crippen molar-refractivity contribution in [2.45, 2.75) is 6.92 Å². The van der Waals surface area contributed by atoms with Crippen LogP contribution in [-0.2, 0) is 4.79 Å². The molecule has 0 bridgehead atoms. The van der Waals surface area contributed by atoms with E-state index in [0.29, 0.717) is 4.80 Å². The van der Waals surface area contributed by atoms with Gasteiger partial charge in [0.2, 0.25) is 5.91 Å². The second-order valence-electron chi connectivity index (χ2n) is 4.15. The number of nitrogens with zero attached hydrogens (tertiary/aromatic N) is 2. The zero-order valence-electron chi connectivity index (χ0n) is 10.4. The standard InChI is InChI=1S/C15H12N2OS/c1-11(18)16-15-17(12-7-3-2-4-8-12)13-9-5-6-10-14(13)19-15/h2-10H,1H3. The van der Waals surface area contributed by atoms with E-state index in [1.54, 1.807) is 0 Å². The first-order valence-electron chi connectivity index (χ1n) is 5.97. The van der Waals surface area contributed by atoms with E-state index in [9.17, 15) is 4.79 Å². The second-order valence-corrected chi connectivity index (χ2v) is 5.16. The summed E-state index contributed by atoms with van der Waals surface area (Å²) >= 11 is 1.52. The number of benzene rings is 2. The highest BCUT2D eigenvalue weighted by Gasteiger charge is 2.07. The quantitative estimate of drug-likeness (QED) is 0.667. The Kier molecular flexibility index (Phi) is 3.01. The maximum absolute atomic E-state index is 11.3. The molecule has 4 heteroatoms. The van der Waals surface area contributed by atoms with Crippen LogP contribution in [0.1, 0.15) is 6.92 Å². The summed E-state index contributed by atoms with van der Waals surface area (Å²) in [6.45, 7) is 1.47. The lowest BCUT2D eigenvalue weighted by Crippen LogP contribution is -2.14. The Balaban J connectivity index is 2.41. The molecule has 0 aliphatic carbocycles. The van der Waals surface area contributed by atoms with Gasteiger partial charge in [-0.25, -0.2) is 0 Å². The molecule has 0 aliphatic heterocycles. The third kappa shape index (κ3) is 2.22. The molecule has 94 valence electrons. The van der Waals surface area contributed by atoms with E-state index < -0.39 is 0 Å². The molecule has 2 aromatic carbocycles. The molecule has 0 aliphatic rings. The first-order chi connectivity index (χ1) is 9.25. The van der Waals surface area contributed by atoms with Gasteiger partial charge in [-0.05, 0) is 24.3 Å². The van der Waals surface area contributed by atoms with Crippen molar-refractivity contribution in [2.24, 2.45) is 4.99 Å². The predicted molar refractivity (Wildman–Crippen MR) is 77.4 cm³/mol. The normalized spacial score (nSPS) is 11.9. The van der Waals surface area contributed by atoms with Gasteiger partial charge in [-0.3, -0.25) is 9.36 Å². The lowest BCUT2D eigenvalue weighted by molar-refractivity contribution is -0.116. The maximum Gasteiger partial charge on any atom is 0.245 e. The molecular formula is C15H12N2OS. The number of para-hydroxylation sites is 2. The minimum Gasteiger partial charge on any atom is -0.285 e. The molecule has 0 unspecified atom stereocenters. The summed E-state index contributed by atoms with van der Waals surface area (Å²) in [6.07, 6.45) is 0. The predicted octanol–water partition coefficient (Wildman–Crippen LogP) is 3.14. The Morgan fingerprint density at radius 2 is 1.74 bits per heavy atom. The molecule has 0 atom stereocenters. The molecular weight excluding hydrogens is 256 g/mol. The van der Waals surface area contributed by atoms with Gasteiger partial charge in [-0.1, -0.05) is 41.7 Å². The fraction of sp³-hybridized carbons (Fsp3) is 0.0667. The Morgan fingerprint density at radius 3 is 2.47 bits per heavy atom. The average Bonchev–Trinajstić information content (AvgIpc) is 2.76. The van der Waals surface area contributed by atoms with E-state index in [2.05, 4.69) is 4.99 Å². The maximum atomic E-state index is 11.3. The van der Waals surface area contributed by atoms with Gasteiger partial charge in [0.05, 0.1) is 10.2 Å². The minimum absolute atomic E-state index is 0.184. The van der Waals surface area contributed by atoms with Gasteiger partial charge in [0.25, 0.3) is 0 Å². The molecule has 19 heavy (non-hydrogen) atoms. The summed E-state index contributed by atoms with van der Waals surface area (Å²) in [5.41, 5.74) is 2.08. The summed E-state index contributed by atoms with van der Waals surface area (Å²) in [4.78, 5) is 16.1. The molecule has 1 amide bonds. The van der Waals surface area contributed by atoms with Gasteiger partial charge in [0.1, 0.15) is 0 Å². The monoisotopic (exact) mass is 268 g/mol. The summed E-state index contributed by atoms with van der Waals surface area (Å²) in [5, 5.41) is 0. The lowest BCUT2D eigenvalue weighted by Gasteiger charge is -2.04. The van der Waals surface area contributed by atoms with Gasteiger partial charge >= 0.3 is 0 Å². The number of thiazole rings is 1. The molecule has 0 N–H and O–H groups in total. The Morgan fingerprint density at radius 1 is 1.05 bits per heavy atom. The topological polar surface area (TPSA) is 34.4 Å². The van der Waals surface area contributed by atoms with Crippen molar-refractivity contribution in [2.75, 3.05) is 0 Å². The number of fused-ring (bicyclic) bond motifs is 1. The number of aromatic nitrogens is 1. The smallest absolute Gasteiger partial charge is 0.245 e. The first kappa shape index (κ1) is 11.9. The van der Waals surface area contributed by atoms with Crippen LogP contribution in [0.15, 0.2) is 59.6 Å². The number of hydrogen-bond acceptors (Lipinski definition) is 2. The first-order valence-corrected chi connectivity index (χ1v) is 6.78. The van der Waals surface area contributed by atoms with E-state index in [4.69, 9.17) is 0 Å². The zero-order chi connectivity index (χ0) is 13.2. The zero-order valence-corrected chi connectivity index (χ0v) is 11.2. The molecule has 3 rings (SSSR count). The van der Waals surface area contributed by atoms with Crippen LogP contribution in [0.25, 0.3) is 15.9 Å². The van der Waals surface area contributed by atoms with Crippen LogP contribution in [0.3, 0.4) is 0 Å². The van der Waals surface area contributed by atoms with Crippen molar-refractivity contribution in [3.8, 4) is 5.69 Å². The number of amides is 1. The molecule has 0 radical (unpaired) electrons. The van der Waals surface area contributed by atoms with Crippen LogP contribution < -0.4 is 4.80 Å². The number of rotatable bonds is 1. The molecule has 0 saturated heterocycles. The highest BCUT2D eigenvalue weighted by Crippen LogP contribution is 2.20. The Labute approximate surface area is 114 Å². The largest absolute Gasteiger partial charge is 0.285 e. The number of carbonyl (C=O) groups is 1. The Bertz CT molecular complexity index is 800. The summed E-state index contributed by atoms with van der Waals surface area (Å²) < 4.78 is 3.13. The molecule has 0 spiro atoms. The SMILES string of the molecule is CC(=O)N=c1sc2ccccc2n1-c1ccccc1. The summed E-state index contributed by atoms with van der Waals surface area (Å²) in [5.74, 6) is -0.184. The van der Waals surface area contributed by atoms with Crippen LogP contribution in [0.4, 0.5) is 0 Å². The summed E-state index contributed by atoms with van der Waals surface area (Å²) in [7, 11) is 0. The van der Waals surface area contributed by atoms with Gasteiger partial charge < -0.3 is 0 Å². The molecule has 3 aromatic rings. The van der Waals surface area contributed by atoms with E-state index in [0.717, 1.165) is 15.9 Å². The van der Waals surface area contributed by atoms with Crippen molar-refractivity contribution in [1.82, 2.24) is 4.57 Å². The lowest BCUT2D eigenvalue weighted by atomic mass is 10.3. The molecule has 0 fully saturated rings. The van der Waals surface area contributed by atoms with Crippen LogP contribution in [0, 0.1) is 0 Å². The molecule has 1 aromatic heterocycles. The van der Waals surface area contributed by atoms with E-state index in [1.165, 1.54) is 18.3 Å². The third-order valence-corrected chi connectivity index (χ3v) is 3.79. The van der Waals surface area contributed by atoms with Crippen molar-refractivity contribution in [3.05, 3.63) is 59.4 Å². The van der Waals surface area contributed by atoms with Crippen LogP contribution in [0.2, 0.25) is 0 Å². The van der Waals surface area contributed by atoms with E-state index in [-0.39, 0.29) is 5.91 Å². The van der Waals surface area contributed by atoms with Gasteiger partial charge in [-0.2, -0.15) is 4.99 Å². The van der Waals surface area contributed by atoms with Gasteiger partial charge in [0.15, 0.2) is 4.80 Å². The fourth-order valence-electron chi connectivity index (χ4n) is 2.01. The fourth-order valence-corrected chi connectivity index (χ4v) is 3.09. The second kappa shape index (κ2) is 4.82. The van der Waals surface area contributed by atoms with Crippen LogP contribution in [0.5, 0.6) is 0 Å². The van der Waals surface area contributed by atoms with E-state index in [1.807, 2.05) is 59.2 Å². The van der Waals surface area contributed by atoms with Crippen LogP contribution >= 0.6 is 11.3 Å². The molecule has 3 nitrogen and oxygen atoms in total. The minimum atomic E-state index is -0.184. The Hall–Kier alpha value is -2.20. The number of hydrogen-bond donors (Lipinski definition) is 0.